The van der Waals surface area contributed by atoms with Crippen molar-refractivity contribution >= 4 is 11.6 Å². The summed E-state index contributed by atoms with van der Waals surface area (Å²) < 4.78 is 18.7. The van der Waals surface area contributed by atoms with E-state index in [9.17, 15) is 9.18 Å². The lowest BCUT2D eigenvalue weighted by molar-refractivity contribution is 0.0996. The second kappa shape index (κ2) is 5.92. The summed E-state index contributed by atoms with van der Waals surface area (Å²) in [4.78, 5) is 11.3. The molecule has 4 N–H and O–H groups in total. The molecule has 0 radical (unpaired) electrons. The lowest BCUT2D eigenvalue weighted by atomic mass is 10.1. The molecule has 6 heteroatoms. The van der Waals surface area contributed by atoms with Gasteiger partial charge in [-0.25, -0.2) is 4.39 Å². The summed E-state index contributed by atoms with van der Waals surface area (Å²) in [6, 6.07) is 10.3. The Kier molecular flexibility index (Phi) is 4.05. The zero-order valence-electron chi connectivity index (χ0n) is 11.0. The van der Waals surface area contributed by atoms with E-state index < -0.39 is 11.7 Å². The highest BCUT2D eigenvalue weighted by Gasteiger charge is 2.10. The van der Waals surface area contributed by atoms with Crippen molar-refractivity contribution in [2.75, 3.05) is 5.73 Å². The van der Waals surface area contributed by atoms with E-state index in [1.807, 2.05) is 0 Å². The smallest absolute Gasteiger partial charge is 0.252 e. The molecule has 0 aliphatic carbocycles. The molecule has 2 rings (SSSR count). The van der Waals surface area contributed by atoms with Gasteiger partial charge in [-0.2, -0.15) is 5.26 Å². The van der Waals surface area contributed by atoms with Gasteiger partial charge in [0, 0.05) is 11.8 Å². The van der Waals surface area contributed by atoms with Crippen molar-refractivity contribution in [2.45, 2.75) is 6.61 Å². The van der Waals surface area contributed by atoms with Crippen molar-refractivity contribution in [3.63, 3.8) is 0 Å². The number of ether oxygens (including phenoxy) is 1. The molecule has 0 aliphatic rings. The number of anilines is 1. The quantitative estimate of drug-likeness (QED) is 0.838. The molecule has 0 bridgehead atoms. The average molecular weight is 285 g/mol. The summed E-state index contributed by atoms with van der Waals surface area (Å²) in [5, 5.41) is 8.77. The molecule has 0 saturated heterocycles. The summed E-state index contributed by atoms with van der Waals surface area (Å²) in [5.41, 5.74) is 12.0. The van der Waals surface area contributed by atoms with Gasteiger partial charge in [-0.3, -0.25) is 4.79 Å². The fraction of sp³-hybridized carbons (Fsp3) is 0.0667. The van der Waals surface area contributed by atoms with Gasteiger partial charge >= 0.3 is 0 Å². The highest BCUT2D eigenvalue weighted by molar-refractivity contribution is 5.96. The molecular weight excluding hydrogens is 273 g/mol. The van der Waals surface area contributed by atoms with Gasteiger partial charge in [-0.15, -0.1) is 0 Å². The van der Waals surface area contributed by atoms with Crippen LogP contribution in [0.25, 0.3) is 0 Å². The summed E-state index contributed by atoms with van der Waals surface area (Å²) in [5.74, 6) is -0.991. The third-order valence-corrected chi connectivity index (χ3v) is 2.82. The third-order valence-electron chi connectivity index (χ3n) is 2.82. The number of amides is 1. The predicted octanol–water partition coefficient (Wildman–Crippen LogP) is 1.96. The Morgan fingerprint density at radius 2 is 2.05 bits per heavy atom. The Bertz CT molecular complexity index is 738. The van der Waals surface area contributed by atoms with Gasteiger partial charge in [0.15, 0.2) is 0 Å². The first-order valence-electron chi connectivity index (χ1n) is 6.02. The second-order valence-electron chi connectivity index (χ2n) is 4.33. The topological polar surface area (TPSA) is 102 Å². The van der Waals surface area contributed by atoms with E-state index in [0.717, 1.165) is 0 Å². The first-order chi connectivity index (χ1) is 10.0. The Hall–Kier alpha value is -3.07. The van der Waals surface area contributed by atoms with Crippen LogP contribution in [0.5, 0.6) is 5.75 Å². The maximum atomic E-state index is 13.2. The van der Waals surface area contributed by atoms with Crippen LogP contribution in [0.15, 0.2) is 36.4 Å². The fourth-order valence-corrected chi connectivity index (χ4v) is 1.77. The molecule has 0 aromatic heterocycles. The number of nitrogen functional groups attached to an aromatic ring is 1. The molecule has 0 spiro atoms. The number of rotatable bonds is 4. The highest BCUT2D eigenvalue weighted by Crippen LogP contribution is 2.23. The number of benzene rings is 2. The van der Waals surface area contributed by atoms with E-state index in [1.54, 1.807) is 12.1 Å². The normalized spacial score (nSPS) is 9.90. The zero-order valence-corrected chi connectivity index (χ0v) is 11.0. The molecule has 0 saturated carbocycles. The standard InChI is InChI=1S/C15H12FN3O2/c16-13-4-1-9(5-10(13)7-17)8-21-14-6-11(18)2-3-12(14)15(19)20/h1-6H,8,18H2,(H2,19,20). The minimum atomic E-state index is -0.637. The average Bonchev–Trinajstić information content (AvgIpc) is 2.46. The van der Waals surface area contributed by atoms with Crippen molar-refractivity contribution in [2.24, 2.45) is 5.73 Å². The Morgan fingerprint density at radius 1 is 1.29 bits per heavy atom. The van der Waals surface area contributed by atoms with Crippen LogP contribution in [-0.2, 0) is 6.61 Å². The lowest BCUT2D eigenvalue weighted by Gasteiger charge is -2.10. The van der Waals surface area contributed by atoms with Crippen LogP contribution in [0, 0.1) is 17.1 Å². The van der Waals surface area contributed by atoms with Crippen LogP contribution in [-0.4, -0.2) is 5.91 Å². The van der Waals surface area contributed by atoms with Gasteiger partial charge in [0.2, 0.25) is 0 Å². The number of nitrogens with zero attached hydrogens (tertiary/aromatic N) is 1. The van der Waals surface area contributed by atoms with Gasteiger partial charge < -0.3 is 16.2 Å². The molecule has 0 unspecified atom stereocenters. The van der Waals surface area contributed by atoms with Gasteiger partial charge in [0.05, 0.1) is 11.1 Å². The molecule has 106 valence electrons. The Labute approximate surface area is 120 Å². The molecular formula is C15H12FN3O2. The lowest BCUT2D eigenvalue weighted by Crippen LogP contribution is -2.13. The SMILES string of the molecule is N#Cc1cc(COc2cc(N)ccc2C(N)=O)ccc1F. The molecule has 0 fully saturated rings. The summed E-state index contributed by atoms with van der Waals surface area (Å²) in [7, 11) is 0. The number of nitrogens with two attached hydrogens (primary N) is 2. The molecule has 5 nitrogen and oxygen atoms in total. The zero-order chi connectivity index (χ0) is 15.4. The van der Waals surface area contributed by atoms with E-state index >= 15 is 0 Å². The number of hydrogen-bond acceptors (Lipinski definition) is 4. The maximum absolute atomic E-state index is 13.2. The number of primary amides is 1. The number of nitriles is 1. The molecule has 0 aliphatic heterocycles. The highest BCUT2D eigenvalue weighted by atomic mass is 19.1. The molecule has 0 atom stereocenters. The van der Waals surface area contributed by atoms with Crippen molar-refractivity contribution in [1.29, 1.82) is 5.26 Å². The van der Waals surface area contributed by atoms with Crippen LogP contribution >= 0.6 is 0 Å². The largest absolute Gasteiger partial charge is 0.488 e. The van der Waals surface area contributed by atoms with E-state index in [2.05, 4.69) is 0 Å². The third kappa shape index (κ3) is 3.28. The molecule has 2 aromatic rings. The number of halogens is 1. The van der Waals surface area contributed by atoms with Crippen LogP contribution in [0.4, 0.5) is 10.1 Å². The predicted molar refractivity (Wildman–Crippen MR) is 74.8 cm³/mol. The Morgan fingerprint density at radius 3 is 2.71 bits per heavy atom. The first kappa shape index (κ1) is 14.3. The van der Waals surface area contributed by atoms with E-state index in [0.29, 0.717) is 11.3 Å². The van der Waals surface area contributed by atoms with Gasteiger partial charge in [-0.1, -0.05) is 6.07 Å². The van der Waals surface area contributed by atoms with Crippen molar-refractivity contribution in [1.82, 2.24) is 0 Å². The van der Waals surface area contributed by atoms with Gasteiger partial charge in [0.25, 0.3) is 5.91 Å². The summed E-state index contributed by atoms with van der Waals surface area (Å²) in [6.07, 6.45) is 0. The number of hydrogen-bond donors (Lipinski definition) is 2. The van der Waals surface area contributed by atoms with E-state index in [1.165, 1.54) is 30.3 Å². The van der Waals surface area contributed by atoms with Crippen LogP contribution < -0.4 is 16.2 Å². The molecule has 2 aromatic carbocycles. The number of carbonyl (C=O) groups excluding carboxylic acids is 1. The van der Waals surface area contributed by atoms with Crippen molar-refractivity contribution < 1.29 is 13.9 Å². The summed E-state index contributed by atoms with van der Waals surface area (Å²) in [6.45, 7) is 0.0543. The second-order valence-corrected chi connectivity index (χ2v) is 4.33. The Balaban J connectivity index is 2.22. The maximum Gasteiger partial charge on any atom is 0.252 e. The first-order valence-corrected chi connectivity index (χ1v) is 6.02. The van der Waals surface area contributed by atoms with E-state index in [-0.39, 0.29) is 23.5 Å². The van der Waals surface area contributed by atoms with Crippen LogP contribution in [0.1, 0.15) is 21.5 Å². The van der Waals surface area contributed by atoms with Crippen LogP contribution in [0.3, 0.4) is 0 Å². The molecule has 1 amide bonds. The van der Waals surface area contributed by atoms with Gasteiger partial charge in [-0.05, 0) is 29.8 Å². The van der Waals surface area contributed by atoms with Gasteiger partial charge in [0.1, 0.15) is 24.2 Å². The van der Waals surface area contributed by atoms with E-state index in [4.69, 9.17) is 21.5 Å². The molecule has 21 heavy (non-hydrogen) atoms. The van der Waals surface area contributed by atoms with Crippen molar-refractivity contribution in [3.05, 3.63) is 58.9 Å². The monoisotopic (exact) mass is 285 g/mol. The number of carbonyl (C=O) groups is 1. The minimum absolute atomic E-state index is 0.0543. The van der Waals surface area contributed by atoms with Crippen molar-refractivity contribution in [3.8, 4) is 11.8 Å². The summed E-state index contributed by atoms with van der Waals surface area (Å²) >= 11 is 0. The fourth-order valence-electron chi connectivity index (χ4n) is 1.77. The molecule has 0 heterocycles. The minimum Gasteiger partial charge on any atom is -0.488 e. The van der Waals surface area contributed by atoms with Crippen LogP contribution in [0.2, 0.25) is 0 Å².